The number of carbonyl (C=O) groups is 2. The second-order valence-electron chi connectivity index (χ2n) is 5.92. The summed E-state index contributed by atoms with van der Waals surface area (Å²) < 4.78 is 2.07. The minimum Gasteiger partial charge on any atom is -0.481 e. The van der Waals surface area contributed by atoms with Gasteiger partial charge in [0.25, 0.3) is 5.91 Å². The van der Waals surface area contributed by atoms with Crippen molar-refractivity contribution in [1.29, 1.82) is 0 Å². The zero-order valence-corrected chi connectivity index (χ0v) is 14.2. The third-order valence-electron chi connectivity index (χ3n) is 4.04. The lowest BCUT2D eigenvalue weighted by atomic mass is 10.2. The second kappa shape index (κ2) is 8.34. The van der Waals surface area contributed by atoms with E-state index in [1.165, 1.54) is 0 Å². The maximum Gasteiger partial charge on any atom is 0.303 e. The minimum atomic E-state index is -0.771. The van der Waals surface area contributed by atoms with Crippen molar-refractivity contribution in [2.24, 2.45) is 0 Å². The van der Waals surface area contributed by atoms with Crippen molar-refractivity contribution in [3.63, 3.8) is 0 Å². The van der Waals surface area contributed by atoms with Gasteiger partial charge in [-0.3, -0.25) is 9.59 Å². The Balaban J connectivity index is 1.95. The van der Waals surface area contributed by atoms with Gasteiger partial charge in [0.1, 0.15) is 0 Å². The Kier molecular flexibility index (Phi) is 6.18. The lowest BCUT2D eigenvalue weighted by Gasteiger charge is -2.10. The van der Waals surface area contributed by atoms with Crippen LogP contribution in [0.25, 0.3) is 5.69 Å². The Hall–Kier alpha value is -2.56. The molecule has 5 nitrogen and oxygen atoms in total. The van der Waals surface area contributed by atoms with Gasteiger partial charge >= 0.3 is 5.97 Å². The van der Waals surface area contributed by atoms with Gasteiger partial charge in [0, 0.05) is 30.0 Å². The topological polar surface area (TPSA) is 71.3 Å². The number of aromatic nitrogens is 1. The lowest BCUT2D eigenvalue weighted by molar-refractivity contribution is -0.137. The molecule has 128 valence electrons. The molecular formula is C19H24N2O3. The summed E-state index contributed by atoms with van der Waals surface area (Å²) in [5.74, 6) is -0.851. The van der Waals surface area contributed by atoms with Crippen LogP contribution in [0.1, 0.15) is 47.4 Å². The molecule has 0 aliphatic carbocycles. The first-order chi connectivity index (χ1) is 11.5. The first-order valence-corrected chi connectivity index (χ1v) is 8.25. The molecule has 0 radical (unpaired) electrons. The number of unbranched alkanes of at least 4 members (excludes halogenated alkanes) is 2. The number of para-hydroxylation sites is 1. The molecule has 2 aromatic rings. The van der Waals surface area contributed by atoms with Gasteiger partial charge in [0.2, 0.25) is 0 Å². The van der Waals surface area contributed by atoms with E-state index < -0.39 is 5.97 Å². The number of hydrogen-bond donors (Lipinski definition) is 2. The zero-order valence-electron chi connectivity index (χ0n) is 14.2. The number of hydrogen-bond acceptors (Lipinski definition) is 2. The highest BCUT2D eigenvalue weighted by atomic mass is 16.4. The Morgan fingerprint density at radius 1 is 1.08 bits per heavy atom. The fourth-order valence-electron chi connectivity index (χ4n) is 2.84. The lowest BCUT2D eigenvalue weighted by Crippen LogP contribution is -2.24. The smallest absolute Gasteiger partial charge is 0.303 e. The molecule has 0 bridgehead atoms. The number of aryl methyl sites for hydroxylation is 1. The quantitative estimate of drug-likeness (QED) is 0.729. The summed E-state index contributed by atoms with van der Waals surface area (Å²) in [5, 5.41) is 11.5. The van der Waals surface area contributed by atoms with Gasteiger partial charge in [-0.25, -0.2) is 0 Å². The third kappa shape index (κ3) is 4.47. The van der Waals surface area contributed by atoms with Crippen LogP contribution in [0.15, 0.2) is 36.4 Å². The number of aliphatic carboxylic acids is 1. The molecule has 0 atom stereocenters. The molecule has 0 aliphatic heterocycles. The fourth-order valence-corrected chi connectivity index (χ4v) is 2.84. The summed E-state index contributed by atoms with van der Waals surface area (Å²) in [5.41, 5.74) is 3.66. The van der Waals surface area contributed by atoms with E-state index in [2.05, 4.69) is 9.88 Å². The molecule has 0 saturated heterocycles. The third-order valence-corrected chi connectivity index (χ3v) is 4.04. The molecule has 0 saturated carbocycles. The van der Waals surface area contributed by atoms with Gasteiger partial charge < -0.3 is 15.0 Å². The number of rotatable bonds is 8. The normalized spacial score (nSPS) is 10.6. The van der Waals surface area contributed by atoms with E-state index in [4.69, 9.17) is 5.11 Å². The van der Waals surface area contributed by atoms with E-state index in [0.717, 1.165) is 29.9 Å². The highest BCUT2D eigenvalue weighted by Gasteiger charge is 2.16. The number of benzene rings is 1. The van der Waals surface area contributed by atoms with E-state index >= 15 is 0 Å². The van der Waals surface area contributed by atoms with Gasteiger partial charge in [0.05, 0.1) is 5.56 Å². The molecule has 5 heteroatoms. The Morgan fingerprint density at radius 2 is 1.79 bits per heavy atom. The molecule has 0 unspecified atom stereocenters. The van der Waals surface area contributed by atoms with E-state index in [0.29, 0.717) is 18.5 Å². The zero-order chi connectivity index (χ0) is 17.5. The van der Waals surface area contributed by atoms with Gasteiger partial charge in [0.15, 0.2) is 0 Å². The van der Waals surface area contributed by atoms with Gasteiger partial charge in [-0.2, -0.15) is 0 Å². The van der Waals surface area contributed by atoms with Gasteiger partial charge in [-0.15, -0.1) is 0 Å². The van der Waals surface area contributed by atoms with Crippen LogP contribution in [-0.2, 0) is 4.79 Å². The molecule has 1 aromatic heterocycles. The number of carboxylic acids is 1. The van der Waals surface area contributed by atoms with Gasteiger partial charge in [-0.05, 0) is 44.9 Å². The van der Waals surface area contributed by atoms with Crippen LogP contribution >= 0.6 is 0 Å². The summed E-state index contributed by atoms with van der Waals surface area (Å²) in [6.45, 7) is 4.50. The average Bonchev–Trinajstić information content (AvgIpc) is 2.86. The number of carbonyl (C=O) groups excluding carboxylic acids is 1. The van der Waals surface area contributed by atoms with Crippen LogP contribution in [-0.4, -0.2) is 28.1 Å². The van der Waals surface area contributed by atoms with Crippen molar-refractivity contribution >= 4 is 11.9 Å². The predicted octanol–water partition coefficient (Wildman–Crippen LogP) is 3.47. The predicted molar refractivity (Wildman–Crippen MR) is 93.7 cm³/mol. The molecule has 0 fully saturated rings. The molecule has 2 rings (SSSR count). The van der Waals surface area contributed by atoms with E-state index in [-0.39, 0.29) is 12.3 Å². The van der Waals surface area contributed by atoms with Crippen molar-refractivity contribution in [3.8, 4) is 5.69 Å². The largest absolute Gasteiger partial charge is 0.481 e. The Bertz CT molecular complexity index is 705. The molecule has 2 N–H and O–H groups in total. The average molecular weight is 328 g/mol. The van der Waals surface area contributed by atoms with Crippen LogP contribution < -0.4 is 5.32 Å². The number of nitrogens with one attached hydrogen (secondary N) is 1. The van der Waals surface area contributed by atoms with E-state index in [9.17, 15) is 9.59 Å². The summed E-state index contributed by atoms with van der Waals surface area (Å²) in [7, 11) is 0. The first-order valence-electron chi connectivity index (χ1n) is 8.25. The standard InChI is InChI=1S/C19H24N2O3/c1-14-13-17(15(2)21(14)16-9-5-3-6-10-16)19(24)20-12-8-4-7-11-18(22)23/h3,5-6,9-10,13H,4,7-8,11-12H2,1-2H3,(H,20,24)(H,22,23). The minimum absolute atomic E-state index is 0.0801. The van der Waals surface area contributed by atoms with Crippen LogP contribution in [0.5, 0.6) is 0 Å². The highest BCUT2D eigenvalue weighted by Crippen LogP contribution is 2.20. The van der Waals surface area contributed by atoms with Crippen LogP contribution in [0, 0.1) is 13.8 Å². The SMILES string of the molecule is Cc1cc(C(=O)NCCCCCC(=O)O)c(C)n1-c1ccccc1. The summed E-state index contributed by atoms with van der Waals surface area (Å²) in [6, 6.07) is 11.9. The van der Waals surface area contributed by atoms with E-state index in [1.807, 2.05) is 50.2 Å². The van der Waals surface area contributed by atoms with Crippen molar-refractivity contribution in [2.75, 3.05) is 6.54 Å². The summed E-state index contributed by atoms with van der Waals surface area (Å²) >= 11 is 0. The number of nitrogens with zero attached hydrogens (tertiary/aromatic N) is 1. The molecule has 1 aromatic carbocycles. The molecule has 1 amide bonds. The Labute approximate surface area is 142 Å². The van der Waals surface area contributed by atoms with Crippen LogP contribution in [0.4, 0.5) is 0 Å². The van der Waals surface area contributed by atoms with Crippen molar-refractivity contribution in [3.05, 3.63) is 53.3 Å². The maximum absolute atomic E-state index is 12.4. The van der Waals surface area contributed by atoms with Crippen molar-refractivity contribution in [2.45, 2.75) is 39.5 Å². The highest BCUT2D eigenvalue weighted by molar-refractivity contribution is 5.95. The van der Waals surface area contributed by atoms with Crippen LogP contribution in [0.2, 0.25) is 0 Å². The fraction of sp³-hybridized carbons (Fsp3) is 0.368. The van der Waals surface area contributed by atoms with Crippen molar-refractivity contribution in [1.82, 2.24) is 9.88 Å². The summed E-state index contributed by atoms with van der Waals surface area (Å²) in [6.07, 6.45) is 2.42. The summed E-state index contributed by atoms with van der Waals surface area (Å²) in [4.78, 5) is 22.8. The maximum atomic E-state index is 12.4. The molecular weight excluding hydrogens is 304 g/mol. The molecule has 0 spiro atoms. The second-order valence-corrected chi connectivity index (χ2v) is 5.92. The van der Waals surface area contributed by atoms with Gasteiger partial charge in [-0.1, -0.05) is 24.6 Å². The van der Waals surface area contributed by atoms with Crippen LogP contribution in [0.3, 0.4) is 0 Å². The first kappa shape index (κ1) is 17.8. The molecule has 0 aliphatic rings. The number of amides is 1. The number of carboxylic acid groups (broad SMARTS) is 1. The monoisotopic (exact) mass is 328 g/mol. The van der Waals surface area contributed by atoms with E-state index in [1.54, 1.807) is 0 Å². The molecule has 1 heterocycles. The molecule has 24 heavy (non-hydrogen) atoms. The van der Waals surface area contributed by atoms with Crippen molar-refractivity contribution < 1.29 is 14.7 Å². The Morgan fingerprint density at radius 3 is 2.46 bits per heavy atom.